The van der Waals surface area contributed by atoms with Crippen molar-refractivity contribution in [1.29, 1.82) is 5.26 Å². The number of carbonyl (C=O) groups is 1. The smallest absolute Gasteiger partial charge is 0.262 e. The average Bonchev–Trinajstić information content (AvgIpc) is 3.18. The molecular formula is C23H24N2O4. The molecule has 6 heteroatoms. The fourth-order valence-electron chi connectivity index (χ4n) is 3.13. The largest absolute Gasteiger partial charge is 0.496 e. The van der Waals surface area contributed by atoms with Crippen LogP contribution in [0.5, 0.6) is 17.2 Å². The zero-order valence-corrected chi connectivity index (χ0v) is 17.0. The number of hydrogen-bond acceptors (Lipinski definition) is 5. The number of benzene rings is 2. The predicted octanol–water partition coefficient (Wildman–Crippen LogP) is 4.08. The number of aryl methyl sites for hydroxylation is 1. The Balaban J connectivity index is 1.78. The minimum Gasteiger partial charge on any atom is -0.496 e. The van der Waals surface area contributed by atoms with E-state index in [2.05, 4.69) is 19.2 Å². The number of amides is 1. The van der Waals surface area contributed by atoms with Crippen LogP contribution in [0.15, 0.2) is 35.9 Å². The first-order valence-electron chi connectivity index (χ1n) is 9.40. The SMILES string of the molecule is COc1cc(C)c(/C=C(\C#N)C(=O)NCc2ccc3c(c2)OCO3)cc1C(C)C. The van der Waals surface area contributed by atoms with Gasteiger partial charge in [0.1, 0.15) is 17.4 Å². The topological polar surface area (TPSA) is 80.6 Å². The van der Waals surface area contributed by atoms with E-state index in [0.29, 0.717) is 11.5 Å². The van der Waals surface area contributed by atoms with Gasteiger partial charge in [-0.2, -0.15) is 5.26 Å². The Morgan fingerprint density at radius 3 is 2.72 bits per heavy atom. The Hall–Kier alpha value is -3.46. The molecule has 150 valence electrons. The van der Waals surface area contributed by atoms with Gasteiger partial charge < -0.3 is 19.5 Å². The van der Waals surface area contributed by atoms with Crippen LogP contribution in [-0.4, -0.2) is 19.8 Å². The molecule has 0 unspecified atom stereocenters. The van der Waals surface area contributed by atoms with Crippen LogP contribution in [0.25, 0.3) is 6.08 Å². The van der Waals surface area contributed by atoms with E-state index in [9.17, 15) is 10.1 Å². The summed E-state index contributed by atoms with van der Waals surface area (Å²) in [4.78, 5) is 12.6. The summed E-state index contributed by atoms with van der Waals surface area (Å²) < 4.78 is 16.1. The number of carbonyl (C=O) groups excluding carboxylic acids is 1. The highest BCUT2D eigenvalue weighted by molar-refractivity contribution is 6.01. The van der Waals surface area contributed by atoms with Gasteiger partial charge in [0, 0.05) is 6.54 Å². The van der Waals surface area contributed by atoms with Crippen molar-refractivity contribution in [2.24, 2.45) is 0 Å². The maximum absolute atomic E-state index is 12.6. The molecule has 0 aliphatic carbocycles. The Bertz CT molecular complexity index is 1000. The molecule has 2 aromatic rings. The molecule has 0 saturated heterocycles. The van der Waals surface area contributed by atoms with Crippen LogP contribution in [0.1, 0.15) is 42.0 Å². The quantitative estimate of drug-likeness (QED) is 0.592. The van der Waals surface area contributed by atoms with E-state index >= 15 is 0 Å². The molecule has 0 fully saturated rings. The molecule has 0 spiro atoms. The highest BCUT2D eigenvalue weighted by atomic mass is 16.7. The first-order valence-corrected chi connectivity index (χ1v) is 9.40. The molecule has 29 heavy (non-hydrogen) atoms. The maximum Gasteiger partial charge on any atom is 0.262 e. The van der Waals surface area contributed by atoms with E-state index in [-0.39, 0.29) is 24.8 Å². The van der Waals surface area contributed by atoms with Crippen molar-refractivity contribution in [2.45, 2.75) is 33.2 Å². The fraction of sp³-hybridized carbons (Fsp3) is 0.304. The summed E-state index contributed by atoms with van der Waals surface area (Å²) in [6, 6.07) is 11.4. The van der Waals surface area contributed by atoms with Crippen molar-refractivity contribution in [3.8, 4) is 23.3 Å². The third-order valence-electron chi connectivity index (χ3n) is 4.80. The number of hydrogen-bond donors (Lipinski definition) is 1. The van der Waals surface area contributed by atoms with Crippen LogP contribution in [0.4, 0.5) is 0 Å². The van der Waals surface area contributed by atoms with Gasteiger partial charge in [-0.15, -0.1) is 0 Å². The summed E-state index contributed by atoms with van der Waals surface area (Å²) >= 11 is 0. The molecule has 6 nitrogen and oxygen atoms in total. The van der Waals surface area contributed by atoms with Gasteiger partial charge in [0.05, 0.1) is 7.11 Å². The number of rotatable bonds is 6. The van der Waals surface area contributed by atoms with Crippen LogP contribution < -0.4 is 19.5 Å². The standard InChI is InChI=1S/C23H24N2O4/c1-14(2)19-10-17(15(3)7-21(19)27-4)9-18(11-24)23(26)25-12-16-5-6-20-22(8-16)29-13-28-20/h5-10,14H,12-13H2,1-4H3,(H,25,26)/b18-9+. The van der Waals surface area contributed by atoms with Crippen molar-refractivity contribution < 1.29 is 19.0 Å². The average molecular weight is 392 g/mol. The van der Waals surface area contributed by atoms with Gasteiger partial charge in [-0.1, -0.05) is 19.9 Å². The Kier molecular flexibility index (Phi) is 6.08. The fourth-order valence-corrected chi connectivity index (χ4v) is 3.13. The summed E-state index contributed by atoms with van der Waals surface area (Å²) in [6.45, 7) is 6.56. The number of nitriles is 1. The Morgan fingerprint density at radius 2 is 2.03 bits per heavy atom. The van der Waals surface area contributed by atoms with E-state index in [4.69, 9.17) is 14.2 Å². The van der Waals surface area contributed by atoms with Gasteiger partial charge in [0.15, 0.2) is 11.5 Å². The van der Waals surface area contributed by atoms with Gasteiger partial charge >= 0.3 is 0 Å². The predicted molar refractivity (Wildman–Crippen MR) is 110 cm³/mol. The lowest BCUT2D eigenvalue weighted by molar-refractivity contribution is -0.117. The van der Waals surface area contributed by atoms with E-state index in [0.717, 1.165) is 28.0 Å². The lowest BCUT2D eigenvalue weighted by Crippen LogP contribution is -2.24. The summed E-state index contributed by atoms with van der Waals surface area (Å²) in [5.41, 5.74) is 3.70. The first kappa shape index (κ1) is 20.3. The number of nitrogens with one attached hydrogen (secondary N) is 1. The maximum atomic E-state index is 12.6. The van der Waals surface area contributed by atoms with Crippen LogP contribution in [0, 0.1) is 18.3 Å². The minimum atomic E-state index is -0.425. The monoisotopic (exact) mass is 392 g/mol. The van der Waals surface area contributed by atoms with Crippen LogP contribution in [-0.2, 0) is 11.3 Å². The number of methoxy groups -OCH3 is 1. The van der Waals surface area contributed by atoms with Crippen molar-refractivity contribution in [2.75, 3.05) is 13.9 Å². The number of nitrogens with zero attached hydrogens (tertiary/aromatic N) is 1. The molecule has 1 N–H and O–H groups in total. The van der Waals surface area contributed by atoms with Crippen molar-refractivity contribution >= 4 is 12.0 Å². The summed E-state index contributed by atoms with van der Waals surface area (Å²) in [6.07, 6.45) is 1.62. The third kappa shape index (κ3) is 4.52. The Labute approximate surface area is 170 Å². The molecule has 1 aliphatic heterocycles. The van der Waals surface area contributed by atoms with E-state index in [1.54, 1.807) is 19.3 Å². The van der Waals surface area contributed by atoms with E-state index in [1.165, 1.54) is 0 Å². The molecule has 0 bridgehead atoms. The van der Waals surface area contributed by atoms with Crippen LogP contribution >= 0.6 is 0 Å². The molecule has 2 aromatic carbocycles. The highest BCUT2D eigenvalue weighted by Gasteiger charge is 2.16. The molecule has 1 amide bonds. The van der Waals surface area contributed by atoms with E-state index < -0.39 is 5.91 Å². The summed E-state index contributed by atoms with van der Waals surface area (Å²) in [5.74, 6) is 1.98. The third-order valence-corrected chi connectivity index (χ3v) is 4.80. The van der Waals surface area contributed by atoms with Crippen molar-refractivity contribution in [3.05, 3.63) is 58.2 Å². The van der Waals surface area contributed by atoms with Gasteiger partial charge in [-0.05, 0) is 65.4 Å². The highest BCUT2D eigenvalue weighted by Crippen LogP contribution is 2.33. The van der Waals surface area contributed by atoms with Gasteiger partial charge in [-0.25, -0.2) is 0 Å². The number of fused-ring (bicyclic) bond motifs is 1. The molecule has 0 atom stereocenters. The molecule has 1 aliphatic rings. The molecular weight excluding hydrogens is 368 g/mol. The van der Waals surface area contributed by atoms with E-state index in [1.807, 2.05) is 37.3 Å². The second-order valence-electron chi connectivity index (χ2n) is 7.15. The summed E-state index contributed by atoms with van der Waals surface area (Å²) in [5, 5.41) is 12.3. The first-order chi connectivity index (χ1) is 13.9. The second kappa shape index (κ2) is 8.70. The zero-order chi connectivity index (χ0) is 21.0. The van der Waals surface area contributed by atoms with Gasteiger partial charge in [-0.3, -0.25) is 4.79 Å². The molecule has 0 radical (unpaired) electrons. The second-order valence-corrected chi connectivity index (χ2v) is 7.15. The molecule has 3 rings (SSSR count). The normalized spacial score (nSPS) is 12.6. The molecule has 0 saturated carbocycles. The lowest BCUT2D eigenvalue weighted by atomic mass is 9.95. The zero-order valence-electron chi connectivity index (χ0n) is 17.0. The molecule has 1 heterocycles. The van der Waals surface area contributed by atoms with Crippen LogP contribution in [0.2, 0.25) is 0 Å². The number of ether oxygens (including phenoxy) is 3. The van der Waals surface area contributed by atoms with Gasteiger partial charge in [0.25, 0.3) is 5.91 Å². The summed E-state index contributed by atoms with van der Waals surface area (Å²) in [7, 11) is 1.64. The Morgan fingerprint density at radius 1 is 1.28 bits per heavy atom. The van der Waals surface area contributed by atoms with Crippen molar-refractivity contribution in [3.63, 3.8) is 0 Å². The minimum absolute atomic E-state index is 0.0497. The van der Waals surface area contributed by atoms with Crippen molar-refractivity contribution in [1.82, 2.24) is 5.32 Å². The van der Waals surface area contributed by atoms with Gasteiger partial charge in [0.2, 0.25) is 6.79 Å². The molecule has 0 aromatic heterocycles. The lowest BCUT2D eigenvalue weighted by Gasteiger charge is -2.15. The van der Waals surface area contributed by atoms with Crippen LogP contribution in [0.3, 0.4) is 0 Å².